The molecule has 0 saturated heterocycles. The first-order valence-electron chi connectivity index (χ1n) is 10.2. The highest BCUT2D eigenvalue weighted by Crippen LogP contribution is 2.31. The summed E-state index contributed by atoms with van der Waals surface area (Å²) in [4.78, 5) is 45.3. The Kier molecular flexibility index (Phi) is 7.82. The number of hydrogen-bond acceptors (Lipinski definition) is 7. The van der Waals surface area contributed by atoms with E-state index in [4.69, 9.17) is 4.42 Å². The lowest BCUT2D eigenvalue weighted by atomic mass is 10.2. The van der Waals surface area contributed by atoms with Crippen LogP contribution in [0.3, 0.4) is 0 Å². The van der Waals surface area contributed by atoms with Crippen LogP contribution in [0, 0.1) is 13.8 Å². The van der Waals surface area contributed by atoms with E-state index in [0.717, 1.165) is 30.2 Å². The summed E-state index contributed by atoms with van der Waals surface area (Å²) in [6.07, 6.45) is 1.78. The first kappa shape index (κ1) is 23.3. The van der Waals surface area contributed by atoms with Crippen LogP contribution in [-0.2, 0) is 4.79 Å². The molecule has 1 aromatic carbocycles. The number of anilines is 1. The van der Waals surface area contributed by atoms with Gasteiger partial charge in [0.15, 0.2) is 5.16 Å². The molecule has 3 rings (SSSR count). The van der Waals surface area contributed by atoms with Crippen molar-refractivity contribution in [3.05, 3.63) is 47.2 Å². The van der Waals surface area contributed by atoms with Crippen molar-refractivity contribution in [2.24, 2.45) is 0 Å². The van der Waals surface area contributed by atoms with Gasteiger partial charge in [-0.3, -0.25) is 14.9 Å². The molecule has 2 heterocycles. The van der Waals surface area contributed by atoms with Crippen LogP contribution < -0.4 is 16.0 Å². The van der Waals surface area contributed by atoms with Gasteiger partial charge in [-0.05, 0) is 32.4 Å². The van der Waals surface area contributed by atoms with Crippen LogP contribution in [0.15, 0.2) is 39.9 Å². The lowest BCUT2D eigenvalue weighted by molar-refractivity contribution is -0.117. The van der Waals surface area contributed by atoms with Gasteiger partial charge in [-0.15, -0.1) is 0 Å². The monoisotopic (exact) mass is 455 g/mol. The quantitative estimate of drug-likeness (QED) is 0.268. The maximum absolute atomic E-state index is 12.7. The minimum Gasteiger partial charge on any atom is -0.443 e. The van der Waals surface area contributed by atoms with Gasteiger partial charge >= 0.3 is 6.03 Å². The number of rotatable bonds is 8. The Hall–Kier alpha value is -3.40. The van der Waals surface area contributed by atoms with Gasteiger partial charge in [0.2, 0.25) is 11.6 Å². The van der Waals surface area contributed by atoms with Crippen LogP contribution in [0.25, 0.3) is 11.1 Å². The number of nitrogens with zero attached hydrogens (tertiary/aromatic N) is 2. The average molecular weight is 456 g/mol. The Labute approximate surface area is 189 Å². The Morgan fingerprint density at radius 1 is 1.09 bits per heavy atom. The summed E-state index contributed by atoms with van der Waals surface area (Å²) >= 11 is 1.04. The second-order valence-corrected chi connectivity index (χ2v) is 8.03. The number of furan rings is 1. The molecule has 0 bridgehead atoms. The van der Waals surface area contributed by atoms with Gasteiger partial charge in [-0.1, -0.05) is 43.3 Å². The van der Waals surface area contributed by atoms with Gasteiger partial charge in [0.1, 0.15) is 11.6 Å². The number of fused-ring (bicyclic) bond motifs is 1. The van der Waals surface area contributed by atoms with Crippen LogP contribution >= 0.6 is 11.8 Å². The fourth-order valence-electron chi connectivity index (χ4n) is 2.87. The fraction of sp³-hybridized carbons (Fsp3) is 0.318. The van der Waals surface area contributed by atoms with Crippen molar-refractivity contribution in [2.75, 3.05) is 17.6 Å². The molecular formula is C22H25N5O4S. The highest BCUT2D eigenvalue weighted by atomic mass is 32.2. The predicted octanol–water partition coefficient (Wildman–Crippen LogP) is 3.81. The Balaban J connectivity index is 1.74. The summed E-state index contributed by atoms with van der Waals surface area (Å²) in [5.74, 6) is 0.0968. The van der Waals surface area contributed by atoms with E-state index in [1.807, 2.05) is 19.9 Å². The van der Waals surface area contributed by atoms with E-state index < -0.39 is 11.9 Å². The van der Waals surface area contributed by atoms with E-state index in [-0.39, 0.29) is 16.8 Å². The number of amides is 4. The van der Waals surface area contributed by atoms with E-state index >= 15 is 0 Å². The maximum atomic E-state index is 12.7. The first-order valence-corrected chi connectivity index (χ1v) is 11.2. The zero-order chi connectivity index (χ0) is 23.1. The van der Waals surface area contributed by atoms with Crippen molar-refractivity contribution in [3.8, 4) is 0 Å². The largest absolute Gasteiger partial charge is 0.443 e. The van der Waals surface area contributed by atoms with Gasteiger partial charge < -0.3 is 15.1 Å². The van der Waals surface area contributed by atoms with Gasteiger partial charge in [0, 0.05) is 17.7 Å². The summed E-state index contributed by atoms with van der Waals surface area (Å²) in [5.41, 5.74) is 1.62. The zero-order valence-corrected chi connectivity index (χ0v) is 19.0. The molecule has 0 spiro atoms. The molecule has 2 aromatic heterocycles. The highest BCUT2D eigenvalue weighted by molar-refractivity contribution is 7.99. The number of urea groups is 1. The van der Waals surface area contributed by atoms with Crippen molar-refractivity contribution < 1.29 is 18.8 Å². The molecule has 0 unspecified atom stereocenters. The molecule has 0 aliphatic rings. The van der Waals surface area contributed by atoms with E-state index in [0.29, 0.717) is 34.8 Å². The fourth-order valence-corrected chi connectivity index (χ4v) is 3.51. The number of nitrogens with one attached hydrogen (secondary N) is 3. The van der Waals surface area contributed by atoms with E-state index in [2.05, 4.69) is 25.9 Å². The standard InChI is InChI=1S/C22H25N5O4S/c1-4-5-11-23-21(30)24-16(28)12-32-22-26-18(17-13(2)14(3)31-20(17)27-22)25-19(29)15-9-7-6-8-10-15/h6-10H,4-5,11-12H2,1-3H3,(H2,23,24,28,30)(H,25,26,27,29). The number of hydrogen-bond donors (Lipinski definition) is 3. The number of carbonyl (C=O) groups excluding carboxylic acids is 3. The third-order valence-electron chi connectivity index (χ3n) is 4.68. The summed E-state index contributed by atoms with van der Waals surface area (Å²) in [6, 6.07) is 8.24. The van der Waals surface area contributed by atoms with Crippen molar-refractivity contribution in [3.63, 3.8) is 0 Å². The molecular weight excluding hydrogens is 430 g/mol. The molecule has 10 heteroatoms. The second kappa shape index (κ2) is 10.8. The minimum absolute atomic E-state index is 0.0720. The number of thioether (sulfide) groups is 1. The molecule has 0 aliphatic carbocycles. The van der Waals surface area contributed by atoms with E-state index in [1.54, 1.807) is 31.2 Å². The van der Waals surface area contributed by atoms with E-state index in [9.17, 15) is 14.4 Å². The molecule has 0 saturated carbocycles. The van der Waals surface area contributed by atoms with Crippen molar-refractivity contribution in [1.82, 2.24) is 20.6 Å². The van der Waals surface area contributed by atoms with Crippen molar-refractivity contribution in [2.45, 2.75) is 38.8 Å². The van der Waals surface area contributed by atoms with Crippen LogP contribution in [0.2, 0.25) is 0 Å². The molecule has 0 aliphatic heterocycles. The predicted molar refractivity (Wildman–Crippen MR) is 123 cm³/mol. The third-order valence-corrected chi connectivity index (χ3v) is 5.52. The smallest absolute Gasteiger partial charge is 0.321 e. The van der Waals surface area contributed by atoms with Gasteiger partial charge in [0.05, 0.1) is 11.1 Å². The summed E-state index contributed by atoms with van der Waals surface area (Å²) in [5, 5.41) is 8.56. The van der Waals surface area contributed by atoms with Crippen LogP contribution in [0.4, 0.5) is 10.6 Å². The third kappa shape index (κ3) is 5.85. The number of imide groups is 1. The normalized spacial score (nSPS) is 10.7. The Bertz CT molecular complexity index is 1130. The zero-order valence-electron chi connectivity index (χ0n) is 18.2. The molecule has 3 N–H and O–H groups in total. The summed E-state index contributed by atoms with van der Waals surface area (Å²) in [6.45, 7) is 6.18. The van der Waals surface area contributed by atoms with Crippen LogP contribution in [-0.4, -0.2) is 40.1 Å². The molecule has 3 aromatic rings. The number of aromatic nitrogens is 2. The summed E-state index contributed by atoms with van der Waals surface area (Å²) in [7, 11) is 0. The number of benzene rings is 1. The van der Waals surface area contributed by atoms with Crippen molar-refractivity contribution >= 4 is 46.5 Å². The molecule has 9 nitrogen and oxygen atoms in total. The van der Waals surface area contributed by atoms with Gasteiger partial charge in [0.25, 0.3) is 5.91 Å². The lowest BCUT2D eigenvalue weighted by Crippen LogP contribution is -2.40. The lowest BCUT2D eigenvalue weighted by Gasteiger charge is -2.08. The Morgan fingerprint density at radius 3 is 2.56 bits per heavy atom. The topological polar surface area (TPSA) is 126 Å². The molecule has 4 amide bonds. The number of aryl methyl sites for hydroxylation is 2. The SMILES string of the molecule is CCCCNC(=O)NC(=O)CSc1nc(NC(=O)c2ccccc2)c2c(C)c(C)oc2n1. The van der Waals surface area contributed by atoms with Gasteiger partial charge in [-0.25, -0.2) is 9.78 Å². The van der Waals surface area contributed by atoms with E-state index in [1.165, 1.54) is 0 Å². The highest BCUT2D eigenvalue weighted by Gasteiger charge is 2.19. The number of carbonyl (C=O) groups is 3. The molecule has 32 heavy (non-hydrogen) atoms. The van der Waals surface area contributed by atoms with Crippen LogP contribution in [0.1, 0.15) is 41.4 Å². The molecule has 168 valence electrons. The summed E-state index contributed by atoms with van der Waals surface area (Å²) < 4.78 is 5.71. The number of unbranched alkanes of at least 4 members (excludes halogenated alkanes) is 1. The second-order valence-electron chi connectivity index (χ2n) is 7.08. The molecule has 0 radical (unpaired) electrons. The molecule has 0 fully saturated rings. The van der Waals surface area contributed by atoms with Crippen molar-refractivity contribution in [1.29, 1.82) is 0 Å². The first-order chi connectivity index (χ1) is 15.4. The average Bonchev–Trinajstić information content (AvgIpc) is 3.06. The van der Waals surface area contributed by atoms with Gasteiger partial charge in [-0.2, -0.15) is 4.98 Å². The Morgan fingerprint density at radius 2 is 1.84 bits per heavy atom. The minimum atomic E-state index is -0.534. The maximum Gasteiger partial charge on any atom is 0.321 e. The van der Waals surface area contributed by atoms with Crippen LogP contribution in [0.5, 0.6) is 0 Å². The molecule has 0 atom stereocenters.